The van der Waals surface area contributed by atoms with E-state index in [-0.39, 0.29) is 10.9 Å². The molecule has 0 aliphatic rings. The quantitative estimate of drug-likeness (QED) is 0.826. The maximum absolute atomic E-state index is 13.2. The van der Waals surface area contributed by atoms with Gasteiger partial charge >= 0.3 is 0 Å². The van der Waals surface area contributed by atoms with E-state index < -0.39 is 11.9 Å². The summed E-state index contributed by atoms with van der Waals surface area (Å²) in [7, 11) is 0. The second kappa shape index (κ2) is 7.92. The third kappa shape index (κ3) is 4.42. The van der Waals surface area contributed by atoms with E-state index in [1.54, 1.807) is 23.2 Å². The summed E-state index contributed by atoms with van der Waals surface area (Å²) in [4.78, 5) is 16.2. The number of halogens is 2. The predicted molar refractivity (Wildman–Crippen MR) is 92.1 cm³/mol. The number of benzene rings is 1. The van der Waals surface area contributed by atoms with Crippen molar-refractivity contribution in [3.8, 4) is 11.3 Å². The van der Waals surface area contributed by atoms with E-state index in [1.165, 1.54) is 23.5 Å². The van der Waals surface area contributed by atoms with Crippen molar-refractivity contribution in [1.82, 2.24) is 4.98 Å². The molecule has 2 aromatic rings. The van der Waals surface area contributed by atoms with Crippen molar-refractivity contribution < 1.29 is 9.18 Å². The van der Waals surface area contributed by atoms with Crippen molar-refractivity contribution in [3.05, 3.63) is 34.4 Å². The molecule has 0 spiro atoms. The van der Waals surface area contributed by atoms with Crippen LogP contribution in [-0.2, 0) is 4.79 Å². The van der Waals surface area contributed by atoms with Gasteiger partial charge in [0.25, 0.3) is 0 Å². The lowest BCUT2D eigenvalue weighted by Crippen LogP contribution is -2.36. The normalized spacial score (nSPS) is 12.2. The fraction of sp³-hybridized carbons (Fsp3) is 0.286. The Kier molecular flexibility index (Phi) is 6.19. The molecule has 1 heterocycles. The number of aromatic nitrogens is 1. The van der Waals surface area contributed by atoms with E-state index in [2.05, 4.69) is 10.3 Å². The minimum atomic E-state index is -0.555. The van der Waals surface area contributed by atoms with E-state index in [4.69, 9.17) is 17.3 Å². The first-order valence-electron chi connectivity index (χ1n) is 6.47. The number of amides is 1. The number of anilines is 1. The first kappa shape index (κ1) is 17.2. The summed E-state index contributed by atoms with van der Waals surface area (Å²) >= 11 is 8.68. The molecule has 0 unspecified atom stereocenters. The average molecular weight is 360 g/mol. The maximum atomic E-state index is 13.2. The molecule has 22 heavy (non-hydrogen) atoms. The highest BCUT2D eigenvalue weighted by Gasteiger charge is 2.15. The summed E-state index contributed by atoms with van der Waals surface area (Å²) in [5.41, 5.74) is 7.11. The first-order valence-corrected chi connectivity index (χ1v) is 9.12. The van der Waals surface area contributed by atoms with Gasteiger partial charge in [0.2, 0.25) is 5.91 Å². The van der Waals surface area contributed by atoms with Crippen molar-refractivity contribution in [3.63, 3.8) is 0 Å². The molecule has 0 aliphatic heterocycles. The lowest BCUT2D eigenvalue weighted by atomic mass is 10.2. The number of nitrogens with two attached hydrogens (primary N) is 1. The Balaban J connectivity index is 2.05. The number of hydrogen-bond acceptors (Lipinski definition) is 5. The Morgan fingerprint density at radius 2 is 2.36 bits per heavy atom. The summed E-state index contributed by atoms with van der Waals surface area (Å²) < 4.78 is 13.2. The summed E-state index contributed by atoms with van der Waals surface area (Å²) in [6, 6.07) is 3.82. The highest BCUT2D eigenvalue weighted by molar-refractivity contribution is 7.98. The topological polar surface area (TPSA) is 68.0 Å². The van der Waals surface area contributed by atoms with Gasteiger partial charge in [0.1, 0.15) is 5.82 Å². The Morgan fingerprint density at radius 1 is 1.59 bits per heavy atom. The number of hydrogen-bond donors (Lipinski definition) is 2. The molecule has 0 aliphatic carbocycles. The molecule has 118 valence electrons. The molecule has 4 nitrogen and oxygen atoms in total. The predicted octanol–water partition coefficient (Wildman–Crippen LogP) is 3.62. The largest absolute Gasteiger partial charge is 0.320 e. The second-order valence-corrected chi connectivity index (χ2v) is 6.79. The van der Waals surface area contributed by atoms with Gasteiger partial charge in [-0.15, -0.1) is 11.3 Å². The zero-order valence-electron chi connectivity index (χ0n) is 11.8. The first-order chi connectivity index (χ1) is 10.5. The van der Waals surface area contributed by atoms with Gasteiger partial charge in [-0.2, -0.15) is 11.8 Å². The third-order valence-electron chi connectivity index (χ3n) is 2.92. The molecule has 0 saturated heterocycles. The minimum Gasteiger partial charge on any atom is -0.320 e. The van der Waals surface area contributed by atoms with Gasteiger partial charge in [-0.25, -0.2) is 9.37 Å². The molecule has 3 N–H and O–H groups in total. The van der Waals surface area contributed by atoms with Crippen LogP contribution in [0.15, 0.2) is 23.6 Å². The van der Waals surface area contributed by atoms with Gasteiger partial charge in [0, 0.05) is 10.9 Å². The summed E-state index contributed by atoms with van der Waals surface area (Å²) in [5.74, 6) is 0.0900. The highest BCUT2D eigenvalue weighted by Crippen LogP contribution is 2.28. The van der Waals surface area contributed by atoms with Crippen LogP contribution in [0.3, 0.4) is 0 Å². The molecule has 1 atom stereocenters. The van der Waals surface area contributed by atoms with Crippen LogP contribution >= 0.6 is 34.7 Å². The van der Waals surface area contributed by atoms with Gasteiger partial charge in [-0.05, 0) is 36.6 Å². The molecule has 1 aromatic carbocycles. The average Bonchev–Trinajstić information content (AvgIpc) is 2.96. The lowest BCUT2D eigenvalue weighted by molar-refractivity contribution is -0.117. The van der Waals surface area contributed by atoms with Gasteiger partial charge in [0.15, 0.2) is 5.13 Å². The lowest BCUT2D eigenvalue weighted by Gasteiger charge is -2.09. The monoisotopic (exact) mass is 359 g/mol. The van der Waals surface area contributed by atoms with E-state index in [0.29, 0.717) is 22.8 Å². The zero-order valence-corrected chi connectivity index (χ0v) is 14.2. The fourth-order valence-corrected chi connectivity index (χ4v) is 3.09. The molecule has 1 aromatic heterocycles. The van der Waals surface area contributed by atoms with Crippen molar-refractivity contribution in [2.24, 2.45) is 5.73 Å². The molecular weight excluding hydrogens is 345 g/mol. The number of carbonyl (C=O) groups is 1. The minimum absolute atomic E-state index is 0.0372. The molecule has 0 fully saturated rings. The Hall–Kier alpha value is -1.15. The van der Waals surface area contributed by atoms with Crippen LogP contribution in [0.1, 0.15) is 6.42 Å². The van der Waals surface area contributed by atoms with Crippen molar-refractivity contribution in [2.75, 3.05) is 17.3 Å². The van der Waals surface area contributed by atoms with Crippen LogP contribution in [0.5, 0.6) is 0 Å². The molecule has 1 amide bonds. The second-order valence-electron chi connectivity index (χ2n) is 4.54. The highest BCUT2D eigenvalue weighted by atomic mass is 35.5. The van der Waals surface area contributed by atoms with Gasteiger partial charge in [-0.1, -0.05) is 11.6 Å². The number of nitrogens with one attached hydrogen (secondary N) is 1. The number of carbonyl (C=O) groups excluding carboxylic acids is 1. The molecule has 0 radical (unpaired) electrons. The smallest absolute Gasteiger partial charge is 0.243 e. The molecule has 8 heteroatoms. The Bertz CT molecular complexity index is 665. The number of thiazole rings is 1. The van der Waals surface area contributed by atoms with E-state index in [0.717, 1.165) is 5.75 Å². The number of rotatable bonds is 6. The van der Waals surface area contributed by atoms with Crippen molar-refractivity contribution in [2.45, 2.75) is 12.5 Å². The molecular formula is C14H15ClFN3OS2. The van der Waals surface area contributed by atoms with Crippen LogP contribution in [0, 0.1) is 5.82 Å². The van der Waals surface area contributed by atoms with E-state index >= 15 is 0 Å². The van der Waals surface area contributed by atoms with E-state index in [1.807, 2.05) is 6.26 Å². The van der Waals surface area contributed by atoms with Crippen LogP contribution < -0.4 is 11.1 Å². The molecule has 0 saturated carbocycles. The Labute approximate surface area is 141 Å². The summed E-state index contributed by atoms with van der Waals surface area (Å²) in [5, 5.41) is 4.96. The van der Waals surface area contributed by atoms with Gasteiger partial charge in [0.05, 0.1) is 16.8 Å². The zero-order chi connectivity index (χ0) is 16.1. The number of thioether (sulfide) groups is 1. The van der Waals surface area contributed by atoms with Crippen LogP contribution in [0.25, 0.3) is 11.3 Å². The summed E-state index contributed by atoms with van der Waals surface area (Å²) in [6.07, 6.45) is 2.57. The summed E-state index contributed by atoms with van der Waals surface area (Å²) in [6.45, 7) is 0. The SMILES string of the molecule is CSCC[C@H](N)C(=O)Nc1nc(-c2ccc(F)c(Cl)c2)cs1. The standard InChI is InChI=1S/C14H15ClFN3OS2/c1-21-5-4-11(17)13(20)19-14-18-12(7-22-14)8-2-3-10(16)9(15)6-8/h2-3,6-7,11H,4-5,17H2,1H3,(H,18,19,20)/t11-/m0/s1. The van der Waals surface area contributed by atoms with Gasteiger partial charge in [-0.3, -0.25) is 4.79 Å². The number of nitrogens with zero attached hydrogens (tertiary/aromatic N) is 1. The van der Waals surface area contributed by atoms with Crippen molar-refractivity contribution >= 4 is 45.7 Å². The molecule has 0 bridgehead atoms. The van der Waals surface area contributed by atoms with Crippen LogP contribution in [0.4, 0.5) is 9.52 Å². The Morgan fingerprint density at radius 3 is 3.05 bits per heavy atom. The van der Waals surface area contributed by atoms with Crippen molar-refractivity contribution in [1.29, 1.82) is 0 Å². The van der Waals surface area contributed by atoms with Gasteiger partial charge < -0.3 is 11.1 Å². The maximum Gasteiger partial charge on any atom is 0.243 e. The fourth-order valence-electron chi connectivity index (χ4n) is 1.69. The third-order valence-corrected chi connectivity index (χ3v) is 4.61. The molecule has 2 rings (SSSR count). The van der Waals surface area contributed by atoms with E-state index in [9.17, 15) is 9.18 Å². The van der Waals surface area contributed by atoms with Crippen LogP contribution in [-0.4, -0.2) is 28.9 Å². The van der Waals surface area contributed by atoms with Crippen LogP contribution in [0.2, 0.25) is 5.02 Å².